The van der Waals surface area contributed by atoms with E-state index in [1.165, 1.54) is 5.57 Å². The summed E-state index contributed by atoms with van der Waals surface area (Å²) < 4.78 is 0. The lowest BCUT2D eigenvalue weighted by molar-refractivity contribution is 0.474. The van der Waals surface area contributed by atoms with Gasteiger partial charge in [0.05, 0.1) is 0 Å². The minimum Gasteiger partial charge on any atom is -0.508 e. The Hall–Kier alpha value is -1.24. The van der Waals surface area contributed by atoms with Crippen molar-refractivity contribution in [2.45, 2.75) is 26.2 Å². The van der Waals surface area contributed by atoms with Crippen molar-refractivity contribution in [3.8, 4) is 5.75 Å². The van der Waals surface area contributed by atoms with Gasteiger partial charge >= 0.3 is 0 Å². The maximum Gasteiger partial charge on any atom is 0.115 e. The zero-order chi connectivity index (χ0) is 9.68. The van der Waals surface area contributed by atoms with Crippen molar-refractivity contribution in [3.63, 3.8) is 0 Å². The lowest BCUT2D eigenvalue weighted by atomic mass is 10.0. The van der Waals surface area contributed by atoms with E-state index in [0.29, 0.717) is 5.75 Å². The smallest absolute Gasteiger partial charge is 0.115 e. The second kappa shape index (κ2) is 4.70. The highest BCUT2D eigenvalue weighted by Gasteiger charge is 1.97. The lowest BCUT2D eigenvalue weighted by Gasteiger charge is -2.04. The van der Waals surface area contributed by atoms with Crippen molar-refractivity contribution in [1.29, 1.82) is 0 Å². The highest BCUT2D eigenvalue weighted by atomic mass is 16.3. The van der Waals surface area contributed by atoms with Crippen molar-refractivity contribution in [3.05, 3.63) is 42.0 Å². The summed E-state index contributed by atoms with van der Waals surface area (Å²) >= 11 is 0. The van der Waals surface area contributed by atoms with Crippen LogP contribution in [0.15, 0.2) is 36.4 Å². The predicted octanol–water partition coefficient (Wildman–Crippen LogP) is 3.29. The van der Waals surface area contributed by atoms with Crippen molar-refractivity contribution < 1.29 is 5.11 Å². The van der Waals surface area contributed by atoms with Gasteiger partial charge in [0.2, 0.25) is 0 Å². The minimum atomic E-state index is 0.335. The van der Waals surface area contributed by atoms with Crippen molar-refractivity contribution >= 4 is 0 Å². The monoisotopic (exact) mass is 176 g/mol. The molecular weight excluding hydrogens is 160 g/mol. The molecule has 13 heavy (non-hydrogen) atoms. The molecule has 0 atom stereocenters. The standard InChI is InChI=1S/C12H16O/c1-3-5-10(2)8-11-6-4-7-12(13)9-11/h4,6-7,9,13H,2-3,5,8H2,1H3. The summed E-state index contributed by atoms with van der Waals surface area (Å²) in [6, 6.07) is 7.36. The van der Waals surface area contributed by atoms with Crippen molar-refractivity contribution in [1.82, 2.24) is 0 Å². The summed E-state index contributed by atoms with van der Waals surface area (Å²) in [7, 11) is 0. The van der Waals surface area contributed by atoms with Crippen LogP contribution < -0.4 is 0 Å². The Kier molecular flexibility index (Phi) is 3.56. The van der Waals surface area contributed by atoms with Crippen LogP contribution in [0.1, 0.15) is 25.3 Å². The van der Waals surface area contributed by atoms with Gasteiger partial charge in [0.1, 0.15) is 5.75 Å². The Morgan fingerprint density at radius 3 is 2.85 bits per heavy atom. The lowest BCUT2D eigenvalue weighted by Crippen LogP contribution is -1.88. The molecule has 0 saturated heterocycles. The minimum absolute atomic E-state index is 0.335. The third-order valence-electron chi connectivity index (χ3n) is 1.97. The number of allylic oxidation sites excluding steroid dienone is 1. The summed E-state index contributed by atoms with van der Waals surface area (Å²) in [6.45, 7) is 6.13. The van der Waals surface area contributed by atoms with Gasteiger partial charge in [0.15, 0.2) is 0 Å². The van der Waals surface area contributed by atoms with Crippen LogP contribution in [0.25, 0.3) is 0 Å². The molecule has 0 aliphatic rings. The number of phenols is 1. The molecule has 0 amide bonds. The highest BCUT2D eigenvalue weighted by molar-refractivity contribution is 5.29. The van der Waals surface area contributed by atoms with Crippen LogP contribution in [0.4, 0.5) is 0 Å². The topological polar surface area (TPSA) is 20.2 Å². The zero-order valence-electron chi connectivity index (χ0n) is 8.09. The number of hydrogen-bond acceptors (Lipinski definition) is 1. The first-order valence-corrected chi connectivity index (χ1v) is 4.67. The van der Waals surface area contributed by atoms with Crippen LogP contribution in [0.2, 0.25) is 0 Å². The normalized spacial score (nSPS) is 9.92. The van der Waals surface area contributed by atoms with Crippen molar-refractivity contribution in [2.75, 3.05) is 0 Å². The van der Waals surface area contributed by atoms with E-state index < -0.39 is 0 Å². The molecule has 1 rings (SSSR count). The number of aromatic hydroxyl groups is 1. The van der Waals surface area contributed by atoms with E-state index in [4.69, 9.17) is 0 Å². The molecule has 0 aliphatic heterocycles. The Morgan fingerprint density at radius 2 is 2.23 bits per heavy atom. The van der Waals surface area contributed by atoms with E-state index in [9.17, 15) is 5.11 Å². The highest BCUT2D eigenvalue weighted by Crippen LogP contribution is 2.15. The first-order chi connectivity index (χ1) is 6.22. The molecule has 0 spiro atoms. The zero-order valence-corrected chi connectivity index (χ0v) is 8.09. The van der Waals surface area contributed by atoms with E-state index in [-0.39, 0.29) is 0 Å². The fourth-order valence-electron chi connectivity index (χ4n) is 1.40. The molecule has 1 aromatic carbocycles. The third kappa shape index (κ3) is 3.32. The van der Waals surface area contributed by atoms with E-state index in [1.54, 1.807) is 12.1 Å². The Morgan fingerprint density at radius 1 is 1.46 bits per heavy atom. The second-order valence-corrected chi connectivity index (χ2v) is 3.35. The molecule has 0 aromatic heterocycles. The number of phenolic OH excluding ortho intramolecular Hbond substituents is 1. The molecule has 0 heterocycles. The fourth-order valence-corrected chi connectivity index (χ4v) is 1.40. The van der Waals surface area contributed by atoms with Crippen LogP contribution >= 0.6 is 0 Å². The third-order valence-corrected chi connectivity index (χ3v) is 1.97. The van der Waals surface area contributed by atoms with E-state index in [2.05, 4.69) is 13.5 Å². The second-order valence-electron chi connectivity index (χ2n) is 3.35. The van der Waals surface area contributed by atoms with E-state index in [1.807, 2.05) is 12.1 Å². The molecule has 1 nitrogen and oxygen atoms in total. The Balaban J connectivity index is 2.58. The van der Waals surface area contributed by atoms with Gasteiger partial charge in [-0.3, -0.25) is 0 Å². The van der Waals surface area contributed by atoms with Gasteiger partial charge in [-0.05, 0) is 30.5 Å². The van der Waals surface area contributed by atoms with Gasteiger partial charge in [-0.25, -0.2) is 0 Å². The fraction of sp³-hybridized carbons (Fsp3) is 0.333. The average molecular weight is 176 g/mol. The van der Waals surface area contributed by atoms with Crippen molar-refractivity contribution in [2.24, 2.45) is 0 Å². The molecular formula is C12H16O. The molecule has 0 saturated carbocycles. The van der Waals surface area contributed by atoms with E-state index in [0.717, 1.165) is 24.8 Å². The molecule has 70 valence electrons. The molecule has 0 fully saturated rings. The summed E-state index contributed by atoms with van der Waals surface area (Å²) in [6.07, 6.45) is 3.08. The Labute approximate surface area is 79.7 Å². The number of benzene rings is 1. The largest absolute Gasteiger partial charge is 0.508 e. The van der Waals surface area contributed by atoms with E-state index >= 15 is 0 Å². The number of rotatable bonds is 4. The predicted molar refractivity (Wildman–Crippen MR) is 55.9 cm³/mol. The van der Waals surface area contributed by atoms with Gasteiger partial charge in [-0.1, -0.05) is 37.6 Å². The van der Waals surface area contributed by atoms with Crippen LogP contribution in [-0.4, -0.2) is 5.11 Å². The summed E-state index contributed by atoms with van der Waals surface area (Å²) in [5.74, 6) is 0.335. The molecule has 0 aliphatic carbocycles. The SMILES string of the molecule is C=C(CCC)Cc1cccc(O)c1. The Bertz CT molecular complexity index is 289. The van der Waals surface area contributed by atoms with Gasteiger partial charge in [-0.15, -0.1) is 0 Å². The quantitative estimate of drug-likeness (QED) is 0.698. The maximum absolute atomic E-state index is 9.23. The molecule has 0 unspecified atom stereocenters. The summed E-state index contributed by atoms with van der Waals surface area (Å²) in [5, 5.41) is 9.23. The number of hydrogen-bond donors (Lipinski definition) is 1. The summed E-state index contributed by atoms with van der Waals surface area (Å²) in [4.78, 5) is 0. The molecule has 1 aromatic rings. The van der Waals surface area contributed by atoms with Gasteiger partial charge in [-0.2, -0.15) is 0 Å². The molecule has 0 radical (unpaired) electrons. The van der Waals surface area contributed by atoms with Gasteiger partial charge < -0.3 is 5.11 Å². The molecule has 1 heteroatoms. The first kappa shape index (κ1) is 9.85. The van der Waals surface area contributed by atoms with Gasteiger partial charge in [0, 0.05) is 0 Å². The van der Waals surface area contributed by atoms with Gasteiger partial charge in [0.25, 0.3) is 0 Å². The maximum atomic E-state index is 9.23. The first-order valence-electron chi connectivity index (χ1n) is 4.67. The van der Waals surface area contributed by atoms with Crippen LogP contribution in [0.5, 0.6) is 5.75 Å². The summed E-state index contributed by atoms with van der Waals surface area (Å²) in [5.41, 5.74) is 2.37. The molecule has 1 N–H and O–H groups in total. The van der Waals surface area contributed by atoms with Crippen LogP contribution in [0, 0.1) is 0 Å². The molecule has 0 bridgehead atoms. The average Bonchev–Trinajstić information content (AvgIpc) is 2.04. The van der Waals surface area contributed by atoms with Crippen LogP contribution in [0.3, 0.4) is 0 Å². The van der Waals surface area contributed by atoms with Crippen LogP contribution in [-0.2, 0) is 6.42 Å².